The highest BCUT2D eigenvalue weighted by Gasteiger charge is 2.11. The zero-order chi connectivity index (χ0) is 8.10. The molecule has 0 aliphatic carbocycles. The van der Waals surface area contributed by atoms with Crippen molar-refractivity contribution in [1.82, 2.24) is 0 Å². The Balaban J connectivity index is 2.16. The SMILES string of the molecule is O=C(O)CC[C@H]1CCC=CO1. The van der Waals surface area contributed by atoms with Crippen molar-refractivity contribution in [1.29, 1.82) is 0 Å². The van der Waals surface area contributed by atoms with Gasteiger partial charge in [-0.1, -0.05) is 0 Å². The second-order valence-electron chi connectivity index (χ2n) is 2.64. The highest BCUT2D eigenvalue weighted by molar-refractivity contribution is 5.66. The minimum absolute atomic E-state index is 0.121. The zero-order valence-corrected chi connectivity index (χ0v) is 6.32. The van der Waals surface area contributed by atoms with Crippen LogP contribution in [0.1, 0.15) is 25.7 Å². The van der Waals surface area contributed by atoms with Crippen molar-refractivity contribution in [2.75, 3.05) is 0 Å². The zero-order valence-electron chi connectivity index (χ0n) is 6.32. The van der Waals surface area contributed by atoms with Crippen LogP contribution in [0.3, 0.4) is 0 Å². The number of carboxylic acid groups (broad SMARTS) is 1. The minimum Gasteiger partial charge on any atom is -0.498 e. The second kappa shape index (κ2) is 4.01. The molecule has 0 spiro atoms. The first-order valence-electron chi connectivity index (χ1n) is 3.81. The van der Waals surface area contributed by atoms with Crippen LogP contribution in [0.5, 0.6) is 0 Å². The van der Waals surface area contributed by atoms with E-state index < -0.39 is 5.97 Å². The molecule has 1 aliphatic heterocycles. The van der Waals surface area contributed by atoms with Gasteiger partial charge in [-0.3, -0.25) is 4.79 Å². The Morgan fingerprint density at radius 1 is 1.73 bits per heavy atom. The standard InChI is InChI=1S/C8H12O3/c9-8(10)5-4-7-3-1-2-6-11-7/h2,6-7H,1,3-5H2,(H,9,10)/t7-/m1/s1. The van der Waals surface area contributed by atoms with E-state index in [1.54, 1.807) is 6.26 Å². The number of hydrogen-bond donors (Lipinski definition) is 1. The maximum Gasteiger partial charge on any atom is 0.303 e. The number of aliphatic carboxylic acids is 1. The largest absolute Gasteiger partial charge is 0.498 e. The van der Waals surface area contributed by atoms with E-state index in [-0.39, 0.29) is 12.5 Å². The summed E-state index contributed by atoms with van der Waals surface area (Å²) < 4.78 is 5.18. The van der Waals surface area contributed by atoms with Crippen molar-refractivity contribution in [3.8, 4) is 0 Å². The molecular weight excluding hydrogens is 144 g/mol. The maximum atomic E-state index is 10.2. The van der Waals surface area contributed by atoms with Gasteiger partial charge in [0, 0.05) is 6.42 Å². The molecule has 0 amide bonds. The number of rotatable bonds is 3. The Labute approximate surface area is 65.7 Å². The number of carbonyl (C=O) groups is 1. The van der Waals surface area contributed by atoms with Crippen LogP contribution < -0.4 is 0 Å². The van der Waals surface area contributed by atoms with Crippen molar-refractivity contribution in [3.05, 3.63) is 12.3 Å². The van der Waals surface area contributed by atoms with E-state index in [1.807, 2.05) is 6.08 Å². The molecule has 0 radical (unpaired) electrons. The third kappa shape index (κ3) is 3.07. The molecule has 0 aromatic carbocycles. The van der Waals surface area contributed by atoms with Gasteiger partial charge in [-0.05, 0) is 25.3 Å². The summed E-state index contributed by atoms with van der Waals surface area (Å²) in [5, 5.41) is 8.37. The van der Waals surface area contributed by atoms with Gasteiger partial charge >= 0.3 is 5.97 Å². The second-order valence-corrected chi connectivity index (χ2v) is 2.64. The lowest BCUT2D eigenvalue weighted by Crippen LogP contribution is -2.14. The van der Waals surface area contributed by atoms with Crippen molar-refractivity contribution < 1.29 is 14.6 Å². The number of hydrogen-bond acceptors (Lipinski definition) is 2. The van der Waals surface area contributed by atoms with Crippen LogP contribution in [0.15, 0.2) is 12.3 Å². The van der Waals surface area contributed by atoms with Crippen LogP contribution in [-0.4, -0.2) is 17.2 Å². The van der Waals surface area contributed by atoms with Crippen molar-refractivity contribution in [2.45, 2.75) is 31.8 Å². The number of allylic oxidation sites excluding steroid dienone is 1. The molecule has 1 atom stereocenters. The van der Waals surface area contributed by atoms with Gasteiger partial charge in [0.2, 0.25) is 0 Å². The van der Waals surface area contributed by atoms with Crippen LogP contribution in [0.25, 0.3) is 0 Å². The van der Waals surface area contributed by atoms with Crippen molar-refractivity contribution in [3.63, 3.8) is 0 Å². The van der Waals surface area contributed by atoms with Gasteiger partial charge in [-0.25, -0.2) is 0 Å². The molecule has 0 aromatic rings. The predicted molar refractivity (Wildman–Crippen MR) is 40.1 cm³/mol. The summed E-state index contributed by atoms with van der Waals surface area (Å²) in [6.45, 7) is 0. The van der Waals surface area contributed by atoms with E-state index in [0.717, 1.165) is 12.8 Å². The summed E-state index contributed by atoms with van der Waals surface area (Å²) in [6, 6.07) is 0. The Hall–Kier alpha value is -0.990. The molecule has 1 aliphatic rings. The summed E-state index contributed by atoms with van der Waals surface area (Å²) in [5.41, 5.74) is 0. The summed E-state index contributed by atoms with van der Waals surface area (Å²) >= 11 is 0. The normalized spacial score (nSPS) is 22.7. The summed E-state index contributed by atoms with van der Waals surface area (Å²) in [5.74, 6) is -0.747. The molecule has 0 saturated carbocycles. The van der Waals surface area contributed by atoms with Crippen molar-refractivity contribution >= 4 is 5.97 Å². The van der Waals surface area contributed by atoms with E-state index >= 15 is 0 Å². The predicted octanol–water partition coefficient (Wildman–Crippen LogP) is 1.54. The van der Waals surface area contributed by atoms with E-state index in [4.69, 9.17) is 9.84 Å². The first kappa shape index (κ1) is 8.11. The van der Waals surface area contributed by atoms with Gasteiger partial charge in [-0.15, -0.1) is 0 Å². The quantitative estimate of drug-likeness (QED) is 0.674. The first-order valence-corrected chi connectivity index (χ1v) is 3.81. The molecule has 11 heavy (non-hydrogen) atoms. The molecule has 1 rings (SSSR count). The van der Waals surface area contributed by atoms with E-state index in [9.17, 15) is 4.79 Å². The molecule has 0 fully saturated rings. The molecule has 3 heteroatoms. The van der Waals surface area contributed by atoms with Gasteiger partial charge in [-0.2, -0.15) is 0 Å². The molecule has 0 unspecified atom stereocenters. The van der Waals surface area contributed by atoms with Gasteiger partial charge in [0.15, 0.2) is 0 Å². The number of ether oxygens (including phenoxy) is 1. The molecule has 0 saturated heterocycles. The van der Waals surface area contributed by atoms with Crippen molar-refractivity contribution in [2.24, 2.45) is 0 Å². The molecule has 1 heterocycles. The lowest BCUT2D eigenvalue weighted by atomic mass is 10.1. The van der Waals surface area contributed by atoms with Crippen LogP contribution >= 0.6 is 0 Å². The Morgan fingerprint density at radius 2 is 2.55 bits per heavy atom. The fourth-order valence-corrected chi connectivity index (χ4v) is 1.08. The van der Waals surface area contributed by atoms with Crippen LogP contribution in [0.4, 0.5) is 0 Å². The van der Waals surface area contributed by atoms with Gasteiger partial charge in [0.05, 0.1) is 12.4 Å². The average molecular weight is 156 g/mol. The van der Waals surface area contributed by atoms with E-state index in [1.165, 1.54) is 0 Å². The average Bonchev–Trinajstić information content (AvgIpc) is 2.03. The van der Waals surface area contributed by atoms with Crippen LogP contribution in [0.2, 0.25) is 0 Å². The summed E-state index contributed by atoms with van der Waals surface area (Å²) in [6.07, 6.45) is 6.52. The van der Waals surface area contributed by atoms with Gasteiger partial charge in [0.1, 0.15) is 0 Å². The highest BCUT2D eigenvalue weighted by Crippen LogP contribution is 2.14. The maximum absolute atomic E-state index is 10.2. The topological polar surface area (TPSA) is 46.5 Å². The monoisotopic (exact) mass is 156 g/mol. The first-order chi connectivity index (χ1) is 5.29. The lowest BCUT2D eigenvalue weighted by molar-refractivity contribution is -0.137. The molecule has 0 bridgehead atoms. The highest BCUT2D eigenvalue weighted by atomic mass is 16.5. The summed E-state index contributed by atoms with van der Waals surface area (Å²) in [7, 11) is 0. The lowest BCUT2D eigenvalue weighted by Gasteiger charge is -2.17. The molecule has 3 nitrogen and oxygen atoms in total. The molecule has 0 aromatic heterocycles. The third-order valence-electron chi connectivity index (χ3n) is 1.70. The third-order valence-corrected chi connectivity index (χ3v) is 1.70. The van der Waals surface area contributed by atoms with Gasteiger partial charge < -0.3 is 9.84 Å². The fraction of sp³-hybridized carbons (Fsp3) is 0.625. The van der Waals surface area contributed by atoms with Crippen LogP contribution in [0, 0.1) is 0 Å². The fourth-order valence-electron chi connectivity index (χ4n) is 1.08. The minimum atomic E-state index is -0.747. The Morgan fingerprint density at radius 3 is 3.09 bits per heavy atom. The Bertz CT molecular complexity index is 163. The molecular formula is C8H12O3. The molecule has 1 N–H and O–H groups in total. The summed E-state index contributed by atoms with van der Waals surface area (Å²) in [4.78, 5) is 10.2. The number of carboxylic acids is 1. The van der Waals surface area contributed by atoms with Gasteiger partial charge in [0.25, 0.3) is 0 Å². The van der Waals surface area contributed by atoms with E-state index in [0.29, 0.717) is 6.42 Å². The molecule has 62 valence electrons. The van der Waals surface area contributed by atoms with Crippen LogP contribution in [-0.2, 0) is 9.53 Å². The Kier molecular flexibility index (Phi) is 2.95. The van der Waals surface area contributed by atoms with E-state index in [2.05, 4.69) is 0 Å². The smallest absolute Gasteiger partial charge is 0.303 e.